The van der Waals surface area contributed by atoms with Gasteiger partial charge in [-0.2, -0.15) is 0 Å². The molecule has 0 bridgehead atoms. The molecule has 0 spiro atoms. The summed E-state index contributed by atoms with van der Waals surface area (Å²) in [6.07, 6.45) is 57.7. The van der Waals surface area contributed by atoms with Crippen LogP contribution in [-0.4, -0.2) is 37.2 Å². The summed E-state index contributed by atoms with van der Waals surface area (Å²) in [5.41, 5.74) is 0. The van der Waals surface area contributed by atoms with E-state index in [-0.39, 0.29) is 31.1 Å². The number of esters is 3. The third-order valence-electron chi connectivity index (χ3n) is 10.5. The predicted octanol–water partition coefficient (Wildman–Crippen LogP) is 16.1. The van der Waals surface area contributed by atoms with Crippen molar-refractivity contribution >= 4 is 17.9 Å². The van der Waals surface area contributed by atoms with E-state index in [4.69, 9.17) is 14.2 Å². The van der Waals surface area contributed by atoms with Gasteiger partial charge < -0.3 is 14.2 Å². The predicted molar refractivity (Wildman–Crippen MR) is 251 cm³/mol. The Labute approximate surface area is 364 Å². The van der Waals surface area contributed by atoms with Crippen molar-refractivity contribution in [2.45, 2.75) is 245 Å². The highest BCUT2D eigenvalue weighted by Crippen LogP contribution is 2.13. The molecule has 6 nitrogen and oxygen atoms in total. The van der Waals surface area contributed by atoms with Gasteiger partial charge in [-0.15, -0.1) is 0 Å². The fourth-order valence-electron chi connectivity index (χ4n) is 6.64. The summed E-state index contributed by atoms with van der Waals surface area (Å²) in [4.78, 5) is 37.9. The van der Waals surface area contributed by atoms with Gasteiger partial charge in [0.1, 0.15) is 13.2 Å². The minimum absolute atomic E-state index is 0.0892. The average Bonchev–Trinajstić information content (AvgIpc) is 3.23. The van der Waals surface area contributed by atoms with Gasteiger partial charge in [0.25, 0.3) is 0 Å². The molecule has 6 heteroatoms. The van der Waals surface area contributed by atoms with E-state index >= 15 is 0 Å². The van der Waals surface area contributed by atoms with Crippen LogP contribution in [-0.2, 0) is 28.6 Å². The molecule has 0 aromatic carbocycles. The molecule has 0 heterocycles. The second-order valence-corrected chi connectivity index (χ2v) is 16.4. The fraction of sp³-hybridized carbons (Fsp3) is 0.755. The molecule has 0 amide bonds. The van der Waals surface area contributed by atoms with Crippen LogP contribution in [0.25, 0.3) is 0 Å². The van der Waals surface area contributed by atoms with Crippen LogP contribution in [0.1, 0.15) is 239 Å². The highest BCUT2D eigenvalue weighted by atomic mass is 16.6. The number of ether oxygens (including phenoxy) is 3. The minimum Gasteiger partial charge on any atom is -0.462 e. The fourth-order valence-corrected chi connectivity index (χ4v) is 6.64. The monoisotopic (exact) mass is 825 g/mol. The zero-order valence-corrected chi connectivity index (χ0v) is 38.8. The lowest BCUT2D eigenvalue weighted by Crippen LogP contribution is -2.30. The van der Waals surface area contributed by atoms with Crippen molar-refractivity contribution in [3.8, 4) is 0 Å². The average molecular weight is 825 g/mol. The topological polar surface area (TPSA) is 78.9 Å². The first-order valence-electron chi connectivity index (χ1n) is 24.8. The smallest absolute Gasteiger partial charge is 0.306 e. The molecular weight excluding hydrogens is 733 g/mol. The van der Waals surface area contributed by atoms with Gasteiger partial charge in [-0.1, -0.05) is 184 Å². The molecule has 0 saturated heterocycles. The molecule has 0 aromatic rings. The van der Waals surface area contributed by atoms with Gasteiger partial charge in [0.2, 0.25) is 0 Å². The summed E-state index contributed by atoms with van der Waals surface area (Å²) in [5.74, 6) is -0.926. The first kappa shape index (κ1) is 56.1. The number of carbonyl (C=O) groups excluding carboxylic acids is 3. The Kier molecular flexibility index (Phi) is 45.4. The van der Waals surface area contributed by atoms with Crippen molar-refractivity contribution in [3.63, 3.8) is 0 Å². The summed E-state index contributed by atoms with van der Waals surface area (Å²) in [5, 5.41) is 0. The van der Waals surface area contributed by atoms with Crippen molar-refractivity contribution in [3.05, 3.63) is 60.8 Å². The lowest BCUT2D eigenvalue weighted by atomic mass is 10.1. The maximum Gasteiger partial charge on any atom is 0.306 e. The Morgan fingerprint density at radius 1 is 0.339 bits per heavy atom. The lowest BCUT2D eigenvalue weighted by molar-refractivity contribution is -0.167. The molecule has 0 fully saturated rings. The molecule has 340 valence electrons. The highest BCUT2D eigenvalue weighted by Gasteiger charge is 2.19. The van der Waals surface area contributed by atoms with Crippen molar-refractivity contribution < 1.29 is 28.6 Å². The van der Waals surface area contributed by atoms with Gasteiger partial charge in [-0.25, -0.2) is 0 Å². The van der Waals surface area contributed by atoms with Crippen LogP contribution in [0.5, 0.6) is 0 Å². The molecule has 0 saturated carbocycles. The Morgan fingerprint density at radius 2 is 0.627 bits per heavy atom. The second-order valence-electron chi connectivity index (χ2n) is 16.4. The molecule has 1 atom stereocenters. The number of hydrogen-bond acceptors (Lipinski definition) is 6. The number of hydrogen-bond donors (Lipinski definition) is 0. The summed E-state index contributed by atoms with van der Waals surface area (Å²) in [7, 11) is 0. The molecule has 1 unspecified atom stereocenters. The Hall–Kier alpha value is -2.89. The highest BCUT2D eigenvalue weighted by molar-refractivity contribution is 5.71. The second kappa shape index (κ2) is 47.8. The van der Waals surface area contributed by atoms with E-state index in [2.05, 4.69) is 81.5 Å². The maximum atomic E-state index is 12.8. The SMILES string of the molecule is CCCC/C=C\C/C=C\CCCCCCCC(=O)OC(COC(=O)CCCCCCC/C=C\C/C=C\CCCCCC)COC(=O)CCCCCCC/C=C\CCCC. The molecule has 0 N–H and O–H groups in total. The first-order valence-corrected chi connectivity index (χ1v) is 24.8. The van der Waals surface area contributed by atoms with E-state index in [1.807, 2.05) is 0 Å². The molecule has 0 radical (unpaired) electrons. The molecule has 59 heavy (non-hydrogen) atoms. The lowest BCUT2D eigenvalue weighted by Gasteiger charge is -2.18. The zero-order chi connectivity index (χ0) is 43.0. The van der Waals surface area contributed by atoms with Crippen LogP contribution >= 0.6 is 0 Å². The van der Waals surface area contributed by atoms with Crippen molar-refractivity contribution in [2.75, 3.05) is 13.2 Å². The minimum atomic E-state index is -0.789. The largest absolute Gasteiger partial charge is 0.462 e. The van der Waals surface area contributed by atoms with E-state index in [0.717, 1.165) is 109 Å². The molecule has 0 aliphatic heterocycles. The van der Waals surface area contributed by atoms with E-state index in [9.17, 15) is 14.4 Å². The Bertz CT molecular complexity index is 1090. The van der Waals surface area contributed by atoms with Gasteiger partial charge >= 0.3 is 17.9 Å². The van der Waals surface area contributed by atoms with Gasteiger partial charge in [0, 0.05) is 19.3 Å². The molecular formula is C53H92O6. The van der Waals surface area contributed by atoms with Crippen molar-refractivity contribution in [1.82, 2.24) is 0 Å². The standard InChI is InChI=1S/C53H92O6/c1-4-7-10-13-16-19-22-24-26-27-29-31-34-37-40-43-46-52(55)58-49-50(48-57-51(54)45-42-39-36-33-30-21-18-15-12-9-6-3)59-53(56)47-44-41-38-35-32-28-25-23-20-17-14-11-8-5-2/h14-15,17-19,22-23,25-27,50H,4-13,16,20-21,24,28-49H2,1-3H3/b17-14-,18-15-,22-19-,25-23-,27-26-. The number of rotatable bonds is 44. The van der Waals surface area contributed by atoms with Crippen LogP contribution in [0, 0.1) is 0 Å². The van der Waals surface area contributed by atoms with Gasteiger partial charge in [0.15, 0.2) is 6.10 Å². The molecule has 0 aromatic heterocycles. The van der Waals surface area contributed by atoms with E-state index < -0.39 is 6.10 Å². The third kappa shape index (κ3) is 46.0. The quantitative estimate of drug-likeness (QED) is 0.0263. The first-order chi connectivity index (χ1) is 29.0. The summed E-state index contributed by atoms with van der Waals surface area (Å²) in [6.45, 7) is 6.51. The number of allylic oxidation sites excluding steroid dienone is 10. The van der Waals surface area contributed by atoms with E-state index in [0.29, 0.717) is 19.3 Å². The van der Waals surface area contributed by atoms with Gasteiger partial charge in [-0.05, 0) is 96.3 Å². The Morgan fingerprint density at radius 3 is 1.00 bits per heavy atom. The molecule has 0 rings (SSSR count). The molecule has 0 aliphatic carbocycles. The summed E-state index contributed by atoms with van der Waals surface area (Å²) in [6, 6.07) is 0. The third-order valence-corrected chi connectivity index (χ3v) is 10.5. The zero-order valence-electron chi connectivity index (χ0n) is 38.8. The van der Waals surface area contributed by atoms with Crippen LogP contribution in [0.4, 0.5) is 0 Å². The van der Waals surface area contributed by atoms with Crippen molar-refractivity contribution in [1.29, 1.82) is 0 Å². The van der Waals surface area contributed by atoms with Crippen LogP contribution in [0.2, 0.25) is 0 Å². The normalized spacial score (nSPS) is 12.5. The Balaban J connectivity index is 4.42. The van der Waals surface area contributed by atoms with E-state index in [1.54, 1.807) is 0 Å². The van der Waals surface area contributed by atoms with Gasteiger partial charge in [0.05, 0.1) is 0 Å². The van der Waals surface area contributed by atoms with Gasteiger partial charge in [-0.3, -0.25) is 14.4 Å². The maximum absolute atomic E-state index is 12.8. The van der Waals surface area contributed by atoms with E-state index in [1.165, 1.54) is 89.9 Å². The number of carbonyl (C=O) groups is 3. The number of unbranched alkanes of at least 4 members (excludes halogenated alkanes) is 23. The van der Waals surface area contributed by atoms with Crippen molar-refractivity contribution in [2.24, 2.45) is 0 Å². The molecule has 0 aliphatic rings. The summed E-state index contributed by atoms with van der Waals surface area (Å²) < 4.78 is 16.7. The van der Waals surface area contributed by atoms with Crippen LogP contribution in [0.3, 0.4) is 0 Å². The van der Waals surface area contributed by atoms with Crippen LogP contribution in [0.15, 0.2) is 60.8 Å². The van der Waals surface area contributed by atoms with Crippen LogP contribution < -0.4 is 0 Å². The summed E-state index contributed by atoms with van der Waals surface area (Å²) >= 11 is 0.